The zero-order valence-corrected chi connectivity index (χ0v) is 10.4. The lowest BCUT2D eigenvalue weighted by Gasteiger charge is -2.28. The fraction of sp³-hybridized carbons (Fsp3) is 0.750. The summed E-state index contributed by atoms with van der Waals surface area (Å²) in [5.41, 5.74) is 2.96. The number of fused-ring (bicyclic) bond motifs is 1. The molecule has 3 nitrogen and oxygen atoms in total. The number of hydrogen-bond donors (Lipinski definition) is 0. The molecule has 2 aliphatic heterocycles. The Hall–Kier alpha value is -0.830. The molecule has 2 rings (SSSR count). The van der Waals surface area contributed by atoms with Crippen LogP contribution >= 0.6 is 0 Å². The summed E-state index contributed by atoms with van der Waals surface area (Å²) in [5, 5.41) is 0. The molecule has 0 amide bonds. The Bertz CT molecular complexity index is 328. The summed E-state index contributed by atoms with van der Waals surface area (Å²) >= 11 is 0. The van der Waals surface area contributed by atoms with E-state index in [9.17, 15) is 0 Å². The molecule has 0 radical (unpaired) electrons. The highest BCUT2D eigenvalue weighted by molar-refractivity contribution is 5.83. The first-order valence-corrected chi connectivity index (χ1v) is 5.68. The van der Waals surface area contributed by atoms with Gasteiger partial charge in [-0.1, -0.05) is 0 Å². The topological polar surface area (TPSA) is 18.8 Å². The second kappa shape index (κ2) is 3.63. The lowest BCUT2D eigenvalue weighted by Crippen LogP contribution is -2.35. The number of rotatable bonds is 1. The molecule has 0 aromatic carbocycles. The lowest BCUT2D eigenvalue weighted by atomic mass is 10.0. The number of aliphatic imine (C=N–C) groups is 1. The van der Waals surface area contributed by atoms with Gasteiger partial charge in [0.1, 0.15) is 5.84 Å². The van der Waals surface area contributed by atoms with Crippen LogP contribution in [-0.2, 0) is 0 Å². The Morgan fingerprint density at radius 1 is 1.33 bits per heavy atom. The van der Waals surface area contributed by atoms with E-state index >= 15 is 0 Å². The van der Waals surface area contributed by atoms with E-state index in [1.807, 2.05) is 0 Å². The molecule has 0 spiro atoms. The molecule has 0 aromatic rings. The maximum Gasteiger partial charge on any atom is 0.101 e. The van der Waals surface area contributed by atoms with Crippen molar-refractivity contribution in [2.24, 2.45) is 4.99 Å². The molecule has 3 heteroatoms. The van der Waals surface area contributed by atoms with Crippen molar-refractivity contribution in [1.82, 2.24) is 9.80 Å². The summed E-state index contributed by atoms with van der Waals surface area (Å²) in [6, 6.07) is 1.02. The van der Waals surface area contributed by atoms with Gasteiger partial charge in [-0.3, -0.25) is 4.99 Å². The average molecular weight is 207 g/mol. The van der Waals surface area contributed by atoms with Crippen LogP contribution in [0.2, 0.25) is 0 Å². The Morgan fingerprint density at radius 3 is 2.60 bits per heavy atom. The second-order valence-electron chi connectivity index (χ2n) is 4.91. The van der Waals surface area contributed by atoms with Gasteiger partial charge in [-0.05, 0) is 40.4 Å². The average Bonchev–Trinajstić information content (AvgIpc) is 2.59. The van der Waals surface area contributed by atoms with E-state index in [0.717, 1.165) is 6.54 Å². The molecular weight excluding hydrogens is 186 g/mol. The van der Waals surface area contributed by atoms with Crippen LogP contribution in [0.4, 0.5) is 0 Å². The van der Waals surface area contributed by atoms with Crippen LogP contribution in [0.5, 0.6) is 0 Å². The largest absolute Gasteiger partial charge is 0.332 e. The number of likely N-dealkylation sites (N-methyl/N-ethyl adjacent to an activating group) is 1. The third-order valence-corrected chi connectivity index (χ3v) is 3.73. The van der Waals surface area contributed by atoms with Crippen molar-refractivity contribution in [3.05, 3.63) is 11.3 Å². The molecular formula is C12H21N3. The molecule has 15 heavy (non-hydrogen) atoms. The van der Waals surface area contributed by atoms with Crippen LogP contribution in [0.25, 0.3) is 0 Å². The van der Waals surface area contributed by atoms with E-state index in [4.69, 9.17) is 0 Å². The standard InChI is InChI=1S/C12H21N3/c1-8-9(2)13-10(3)15-7-11(14(4)5)6-12(8)15/h9,11H,6-7H2,1-5H3/t9-,11-/m0/s1. The first kappa shape index (κ1) is 10.7. The van der Waals surface area contributed by atoms with Gasteiger partial charge >= 0.3 is 0 Å². The maximum atomic E-state index is 4.67. The fourth-order valence-corrected chi connectivity index (χ4v) is 2.45. The zero-order valence-electron chi connectivity index (χ0n) is 10.4. The van der Waals surface area contributed by atoms with Gasteiger partial charge in [0.2, 0.25) is 0 Å². The molecule has 2 aliphatic rings. The predicted octanol–water partition coefficient (Wildman–Crippen LogP) is 1.72. The fourth-order valence-electron chi connectivity index (χ4n) is 2.45. The molecule has 84 valence electrons. The van der Waals surface area contributed by atoms with Crippen LogP contribution in [0.15, 0.2) is 16.3 Å². The number of amidine groups is 1. The summed E-state index contributed by atoms with van der Waals surface area (Å²) in [4.78, 5) is 9.37. The van der Waals surface area contributed by atoms with Crippen LogP contribution in [-0.4, -0.2) is 48.4 Å². The van der Waals surface area contributed by atoms with Gasteiger partial charge in [0.25, 0.3) is 0 Å². The third kappa shape index (κ3) is 1.69. The van der Waals surface area contributed by atoms with E-state index < -0.39 is 0 Å². The van der Waals surface area contributed by atoms with Crippen molar-refractivity contribution >= 4 is 5.84 Å². The molecule has 1 fully saturated rings. The molecule has 2 atom stereocenters. The second-order valence-corrected chi connectivity index (χ2v) is 4.91. The van der Waals surface area contributed by atoms with Crippen molar-refractivity contribution in [3.63, 3.8) is 0 Å². The summed E-state index contributed by atoms with van der Waals surface area (Å²) < 4.78 is 0. The molecule has 0 unspecified atom stereocenters. The molecule has 0 aliphatic carbocycles. The Balaban J connectivity index is 2.28. The van der Waals surface area contributed by atoms with Gasteiger partial charge in [0.05, 0.1) is 6.04 Å². The SMILES string of the molecule is CC1=N[C@@H](C)C(C)=C2C[C@H](N(C)C)CN12. The Morgan fingerprint density at radius 2 is 2.00 bits per heavy atom. The molecule has 0 aromatic heterocycles. The minimum Gasteiger partial charge on any atom is -0.332 e. The van der Waals surface area contributed by atoms with Crippen LogP contribution in [0.1, 0.15) is 27.2 Å². The quantitative estimate of drug-likeness (QED) is 0.652. The predicted molar refractivity (Wildman–Crippen MR) is 64.1 cm³/mol. The molecule has 0 N–H and O–H groups in total. The summed E-state index contributed by atoms with van der Waals surface area (Å²) in [5.74, 6) is 1.19. The van der Waals surface area contributed by atoms with Crippen molar-refractivity contribution in [2.45, 2.75) is 39.3 Å². The minimum atomic E-state index is 0.372. The van der Waals surface area contributed by atoms with Crippen molar-refractivity contribution < 1.29 is 0 Å². The highest BCUT2D eigenvalue weighted by Crippen LogP contribution is 2.32. The van der Waals surface area contributed by atoms with E-state index in [0.29, 0.717) is 12.1 Å². The molecule has 0 bridgehead atoms. The smallest absolute Gasteiger partial charge is 0.101 e. The van der Waals surface area contributed by atoms with Gasteiger partial charge in [0.15, 0.2) is 0 Å². The minimum absolute atomic E-state index is 0.372. The normalized spacial score (nSPS) is 31.1. The highest BCUT2D eigenvalue weighted by atomic mass is 15.3. The first-order valence-electron chi connectivity index (χ1n) is 5.68. The van der Waals surface area contributed by atoms with Gasteiger partial charge in [0, 0.05) is 24.7 Å². The number of hydrogen-bond acceptors (Lipinski definition) is 3. The summed E-state index contributed by atoms with van der Waals surface area (Å²) in [7, 11) is 4.32. The molecule has 2 heterocycles. The van der Waals surface area contributed by atoms with E-state index in [1.54, 1.807) is 0 Å². The van der Waals surface area contributed by atoms with Crippen molar-refractivity contribution in [2.75, 3.05) is 20.6 Å². The lowest BCUT2D eigenvalue weighted by molar-refractivity contribution is 0.300. The zero-order chi connectivity index (χ0) is 11.2. The van der Waals surface area contributed by atoms with E-state index in [-0.39, 0.29) is 0 Å². The van der Waals surface area contributed by atoms with Crippen LogP contribution in [0, 0.1) is 0 Å². The molecule has 1 saturated heterocycles. The van der Waals surface area contributed by atoms with Crippen LogP contribution < -0.4 is 0 Å². The Kier molecular flexibility index (Phi) is 2.59. The first-order chi connectivity index (χ1) is 7.00. The van der Waals surface area contributed by atoms with E-state index in [2.05, 4.69) is 49.7 Å². The summed E-state index contributed by atoms with van der Waals surface area (Å²) in [6.45, 7) is 7.63. The highest BCUT2D eigenvalue weighted by Gasteiger charge is 2.33. The van der Waals surface area contributed by atoms with Crippen molar-refractivity contribution in [1.29, 1.82) is 0 Å². The maximum absolute atomic E-state index is 4.67. The van der Waals surface area contributed by atoms with Gasteiger partial charge in [-0.15, -0.1) is 0 Å². The monoisotopic (exact) mass is 207 g/mol. The van der Waals surface area contributed by atoms with Gasteiger partial charge in [-0.25, -0.2) is 0 Å². The van der Waals surface area contributed by atoms with Crippen LogP contribution in [0.3, 0.4) is 0 Å². The molecule has 0 saturated carbocycles. The van der Waals surface area contributed by atoms with Gasteiger partial charge < -0.3 is 9.80 Å². The summed E-state index contributed by atoms with van der Waals surface area (Å²) in [6.07, 6.45) is 1.18. The van der Waals surface area contributed by atoms with Gasteiger partial charge in [-0.2, -0.15) is 0 Å². The Labute approximate surface area is 92.5 Å². The number of nitrogens with zero attached hydrogens (tertiary/aromatic N) is 3. The third-order valence-electron chi connectivity index (χ3n) is 3.73. The van der Waals surface area contributed by atoms with E-state index in [1.165, 1.54) is 23.5 Å². The van der Waals surface area contributed by atoms with Crippen molar-refractivity contribution in [3.8, 4) is 0 Å².